The minimum atomic E-state index is 0.0997. The molecule has 132 valence electrons. The molecule has 2 aliphatic rings. The van der Waals surface area contributed by atoms with Crippen molar-refractivity contribution in [1.82, 2.24) is 9.80 Å². The number of nitrogens with zero attached hydrogens (tertiary/aromatic N) is 2. The molecule has 2 saturated heterocycles. The van der Waals surface area contributed by atoms with Crippen LogP contribution in [0.4, 0.5) is 0 Å². The molecule has 2 fully saturated rings. The molecule has 1 N–H and O–H groups in total. The third-order valence-corrected chi connectivity index (χ3v) is 5.43. The Morgan fingerprint density at radius 3 is 2.33 bits per heavy atom. The largest absolute Gasteiger partial charge is 0.392 e. The molecular formula is C20H30N2O2. The van der Waals surface area contributed by atoms with Gasteiger partial charge in [-0.3, -0.25) is 9.69 Å². The fourth-order valence-corrected chi connectivity index (χ4v) is 3.93. The van der Waals surface area contributed by atoms with Crippen LogP contribution in [0.1, 0.15) is 43.2 Å². The first kappa shape index (κ1) is 17.4. The molecule has 4 heteroatoms. The number of likely N-dealkylation sites (tertiary alicyclic amines) is 2. The predicted molar refractivity (Wildman–Crippen MR) is 95.7 cm³/mol. The average molecular weight is 330 g/mol. The minimum absolute atomic E-state index is 0.0997. The van der Waals surface area contributed by atoms with Crippen LogP contribution in [-0.4, -0.2) is 53.5 Å². The number of aliphatic hydroxyl groups is 1. The number of carbonyl (C=O) groups excluding carboxylic acids is 1. The van der Waals surface area contributed by atoms with Gasteiger partial charge in [0.25, 0.3) is 0 Å². The highest BCUT2D eigenvalue weighted by atomic mass is 16.3. The standard InChI is InChI=1S/C20H30N2O2/c23-16-18-7-5-17(6-8-18)13-19-9-12-22(14-19)20(24)15-21-10-3-1-2-4-11-21/h5-8,19,23H,1-4,9-16H2/t19-/m0/s1. The highest BCUT2D eigenvalue weighted by Gasteiger charge is 2.27. The normalized spacial score (nSPS) is 22.5. The lowest BCUT2D eigenvalue weighted by Gasteiger charge is -2.23. The second-order valence-electron chi connectivity index (χ2n) is 7.36. The Morgan fingerprint density at radius 1 is 1.00 bits per heavy atom. The molecule has 0 saturated carbocycles. The lowest BCUT2D eigenvalue weighted by atomic mass is 9.98. The summed E-state index contributed by atoms with van der Waals surface area (Å²) in [6.07, 6.45) is 7.23. The van der Waals surface area contributed by atoms with Crippen LogP contribution in [0.25, 0.3) is 0 Å². The van der Waals surface area contributed by atoms with Crippen LogP contribution in [0.15, 0.2) is 24.3 Å². The quantitative estimate of drug-likeness (QED) is 0.902. The Hall–Kier alpha value is -1.39. The van der Waals surface area contributed by atoms with E-state index in [0.29, 0.717) is 18.4 Å². The molecule has 1 atom stereocenters. The van der Waals surface area contributed by atoms with Gasteiger partial charge in [-0.05, 0) is 55.8 Å². The van der Waals surface area contributed by atoms with Gasteiger partial charge in [0.2, 0.25) is 5.91 Å². The number of amides is 1. The Bertz CT molecular complexity index is 521. The average Bonchev–Trinajstić information content (AvgIpc) is 2.92. The van der Waals surface area contributed by atoms with E-state index in [2.05, 4.69) is 21.9 Å². The zero-order valence-corrected chi connectivity index (χ0v) is 14.6. The summed E-state index contributed by atoms with van der Waals surface area (Å²) in [5.74, 6) is 0.882. The van der Waals surface area contributed by atoms with Crippen LogP contribution in [0.3, 0.4) is 0 Å². The molecule has 0 bridgehead atoms. The molecular weight excluding hydrogens is 300 g/mol. The maximum Gasteiger partial charge on any atom is 0.236 e. The Labute approximate surface area is 145 Å². The third kappa shape index (κ3) is 4.81. The van der Waals surface area contributed by atoms with Gasteiger partial charge in [-0.25, -0.2) is 0 Å². The third-order valence-electron chi connectivity index (χ3n) is 5.43. The van der Waals surface area contributed by atoms with Crippen LogP contribution in [0, 0.1) is 5.92 Å². The molecule has 1 aromatic carbocycles. The highest BCUT2D eigenvalue weighted by Crippen LogP contribution is 2.22. The van der Waals surface area contributed by atoms with E-state index < -0.39 is 0 Å². The van der Waals surface area contributed by atoms with Gasteiger partial charge in [0.05, 0.1) is 13.2 Å². The molecule has 0 aliphatic carbocycles. The van der Waals surface area contributed by atoms with Crippen LogP contribution >= 0.6 is 0 Å². The molecule has 0 radical (unpaired) electrons. The molecule has 1 aromatic rings. The molecule has 0 spiro atoms. The van der Waals surface area contributed by atoms with E-state index in [0.717, 1.165) is 44.6 Å². The van der Waals surface area contributed by atoms with Gasteiger partial charge in [0.1, 0.15) is 0 Å². The molecule has 0 aromatic heterocycles. The van der Waals surface area contributed by atoms with Crippen molar-refractivity contribution in [3.05, 3.63) is 35.4 Å². The van der Waals surface area contributed by atoms with Crippen molar-refractivity contribution in [2.45, 2.75) is 45.1 Å². The lowest BCUT2D eigenvalue weighted by molar-refractivity contribution is -0.131. The first-order valence-electron chi connectivity index (χ1n) is 9.43. The second kappa shape index (κ2) is 8.63. The van der Waals surface area contributed by atoms with Crippen molar-refractivity contribution in [2.24, 2.45) is 5.92 Å². The number of carbonyl (C=O) groups is 1. The fraction of sp³-hybridized carbons (Fsp3) is 0.650. The first-order valence-corrected chi connectivity index (χ1v) is 9.43. The van der Waals surface area contributed by atoms with E-state index in [1.165, 1.54) is 31.2 Å². The van der Waals surface area contributed by atoms with Gasteiger partial charge in [-0.1, -0.05) is 37.1 Å². The summed E-state index contributed by atoms with van der Waals surface area (Å²) in [6.45, 7) is 4.68. The molecule has 2 aliphatic heterocycles. The van der Waals surface area contributed by atoms with Gasteiger partial charge in [-0.2, -0.15) is 0 Å². The molecule has 0 unspecified atom stereocenters. The summed E-state index contributed by atoms with van der Waals surface area (Å²) in [7, 11) is 0. The predicted octanol–water partition coefficient (Wildman–Crippen LogP) is 2.45. The number of hydrogen-bond donors (Lipinski definition) is 1. The summed E-state index contributed by atoms with van der Waals surface area (Å²) < 4.78 is 0. The number of aliphatic hydroxyl groups excluding tert-OH is 1. The van der Waals surface area contributed by atoms with E-state index in [-0.39, 0.29) is 6.61 Å². The van der Waals surface area contributed by atoms with E-state index in [9.17, 15) is 4.79 Å². The summed E-state index contributed by atoms with van der Waals surface area (Å²) in [5, 5.41) is 9.11. The van der Waals surface area contributed by atoms with Crippen molar-refractivity contribution in [3.8, 4) is 0 Å². The van der Waals surface area contributed by atoms with Crippen molar-refractivity contribution >= 4 is 5.91 Å². The molecule has 24 heavy (non-hydrogen) atoms. The smallest absolute Gasteiger partial charge is 0.236 e. The fourth-order valence-electron chi connectivity index (χ4n) is 3.93. The summed E-state index contributed by atoms with van der Waals surface area (Å²) in [4.78, 5) is 17.0. The summed E-state index contributed by atoms with van der Waals surface area (Å²) in [6, 6.07) is 8.19. The highest BCUT2D eigenvalue weighted by molar-refractivity contribution is 5.78. The van der Waals surface area contributed by atoms with Crippen LogP contribution < -0.4 is 0 Å². The van der Waals surface area contributed by atoms with Gasteiger partial charge < -0.3 is 10.0 Å². The van der Waals surface area contributed by atoms with E-state index in [1.807, 2.05) is 12.1 Å². The Morgan fingerprint density at radius 2 is 1.67 bits per heavy atom. The topological polar surface area (TPSA) is 43.8 Å². The van der Waals surface area contributed by atoms with Crippen molar-refractivity contribution in [2.75, 3.05) is 32.7 Å². The van der Waals surface area contributed by atoms with Crippen molar-refractivity contribution in [3.63, 3.8) is 0 Å². The molecule has 1 amide bonds. The Kier molecular flexibility index (Phi) is 6.27. The van der Waals surface area contributed by atoms with E-state index in [4.69, 9.17) is 5.11 Å². The maximum absolute atomic E-state index is 12.6. The summed E-state index contributed by atoms with van der Waals surface area (Å²) in [5.41, 5.74) is 2.26. The van der Waals surface area contributed by atoms with Crippen molar-refractivity contribution in [1.29, 1.82) is 0 Å². The second-order valence-corrected chi connectivity index (χ2v) is 7.36. The van der Waals surface area contributed by atoms with Gasteiger partial charge in [-0.15, -0.1) is 0 Å². The van der Waals surface area contributed by atoms with Crippen LogP contribution in [-0.2, 0) is 17.8 Å². The number of hydrogen-bond acceptors (Lipinski definition) is 3. The first-order chi connectivity index (χ1) is 11.7. The zero-order chi connectivity index (χ0) is 16.8. The van der Waals surface area contributed by atoms with Gasteiger partial charge >= 0.3 is 0 Å². The van der Waals surface area contributed by atoms with Crippen LogP contribution in [0.5, 0.6) is 0 Å². The maximum atomic E-state index is 12.6. The lowest BCUT2D eigenvalue weighted by Crippen LogP contribution is -2.39. The molecule has 4 nitrogen and oxygen atoms in total. The van der Waals surface area contributed by atoms with E-state index >= 15 is 0 Å². The SMILES string of the molecule is O=C(CN1CCCCCC1)N1CC[C@@H](Cc2ccc(CO)cc2)C1. The van der Waals surface area contributed by atoms with Gasteiger partial charge in [0, 0.05) is 13.1 Å². The molecule has 3 rings (SSSR count). The van der Waals surface area contributed by atoms with Gasteiger partial charge in [0.15, 0.2) is 0 Å². The molecule has 2 heterocycles. The minimum Gasteiger partial charge on any atom is -0.392 e. The number of rotatable bonds is 5. The van der Waals surface area contributed by atoms with Crippen LogP contribution in [0.2, 0.25) is 0 Å². The summed E-state index contributed by atoms with van der Waals surface area (Å²) >= 11 is 0. The van der Waals surface area contributed by atoms with E-state index in [1.54, 1.807) is 0 Å². The zero-order valence-electron chi connectivity index (χ0n) is 14.6. The van der Waals surface area contributed by atoms with Crippen molar-refractivity contribution < 1.29 is 9.90 Å². The Balaban J connectivity index is 1.46. The monoisotopic (exact) mass is 330 g/mol. The number of benzene rings is 1.